The Balaban J connectivity index is 1.30. The zero-order chi connectivity index (χ0) is 32.7. The minimum atomic E-state index is -1.35. The summed E-state index contributed by atoms with van der Waals surface area (Å²) in [6.45, 7) is 1.88. The fourth-order valence-corrected chi connectivity index (χ4v) is 8.63. The molecule has 2 N–H and O–H groups in total. The van der Waals surface area contributed by atoms with E-state index in [0.29, 0.717) is 12.0 Å². The number of anilines is 1. The third-order valence-electron chi connectivity index (χ3n) is 10.4. The second-order valence-corrected chi connectivity index (χ2v) is 13.5. The van der Waals surface area contributed by atoms with Crippen LogP contribution in [0, 0.1) is 34.9 Å². The van der Waals surface area contributed by atoms with E-state index in [1.165, 1.54) is 29.2 Å². The summed E-state index contributed by atoms with van der Waals surface area (Å²) in [5.74, 6) is -5.76. The van der Waals surface area contributed by atoms with Crippen LogP contribution in [-0.4, -0.2) is 45.3 Å². The van der Waals surface area contributed by atoms with E-state index in [1.54, 1.807) is 37.3 Å². The predicted octanol–water partition coefficient (Wildman–Crippen LogP) is 6.02. The van der Waals surface area contributed by atoms with Gasteiger partial charge in [0.2, 0.25) is 23.6 Å². The number of halogens is 3. The first-order chi connectivity index (χ1) is 21.9. The number of phenols is 2. The molecule has 6 unspecified atom stereocenters. The van der Waals surface area contributed by atoms with Crippen LogP contribution < -0.4 is 4.90 Å². The second kappa shape index (κ2) is 11.0. The zero-order valence-electron chi connectivity index (χ0n) is 24.6. The average Bonchev–Trinajstić information content (AvgIpc) is 3.38. The molecule has 8 nitrogen and oxygen atoms in total. The van der Waals surface area contributed by atoms with Gasteiger partial charge in [-0.3, -0.25) is 24.1 Å². The van der Waals surface area contributed by atoms with Crippen LogP contribution in [0.2, 0.25) is 10.0 Å². The lowest BCUT2D eigenvalue weighted by molar-refractivity contribution is -0.140. The first kappa shape index (κ1) is 30.4. The SMILES string of the molecule is CC12C(=O)N(c3ccc(F)c(Cl)c3)C(=O)C1CC1C(=CCC3C(=O)N(CCc4ccc(O)cc4)C(=O)C31)C2c1ccc(O)cc1Cl. The second-order valence-electron chi connectivity index (χ2n) is 12.7. The molecule has 7 rings (SSSR count). The number of allylic oxidation sites excluding steroid dienone is 2. The molecule has 2 saturated heterocycles. The molecule has 0 radical (unpaired) electrons. The Hall–Kier alpha value is -4.21. The van der Waals surface area contributed by atoms with Crippen molar-refractivity contribution in [1.82, 2.24) is 4.90 Å². The van der Waals surface area contributed by atoms with Crippen LogP contribution in [0.3, 0.4) is 0 Å². The third-order valence-corrected chi connectivity index (χ3v) is 11.0. The van der Waals surface area contributed by atoms with Crippen LogP contribution in [0.25, 0.3) is 0 Å². The summed E-state index contributed by atoms with van der Waals surface area (Å²) in [5, 5.41) is 19.7. The highest BCUT2D eigenvalue weighted by Gasteiger charge is 2.67. The Bertz CT molecular complexity index is 1860. The number of carbonyl (C=O) groups is 4. The molecular formula is C35H29Cl2FN2O6. The van der Waals surface area contributed by atoms with Crippen LogP contribution >= 0.6 is 23.2 Å². The number of phenolic OH excluding ortho intramolecular Hbond substituents is 2. The van der Waals surface area contributed by atoms with E-state index < -0.39 is 52.6 Å². The van der Waals surface area contributed by atoms with Gasteiger partial charge in [0.25, 0.3) is 0 Å². The zero-order valence-corrected chi connectivity index (χ0v) is 26.1. The summed E-state index contributed by atoms with van der Waals surface area (Å²) in [6.07, 6.45) is 2.77. The number of hydrogen-bond donors (Lipinski definition) is 2. The molecule has 2 aliphatic heterocycles. The minimum Gasteiger partial charge on any atom is -0.508 e. The summed E-state index contributed by atoms with van der Waals surface area (Å²) in [7, 11) is 0. The number of imide groups is 2. The molecule has 236 valence electrons. The lowest BCUT2D eigenvalue weighted by Gasteiger charge is -2.49. The van der Waals surface area contributed by atoms with Crippen molar-refractivity contribution in [2.45, 2.75) is 32.1 Å². The first-order valence-electron chi connectivity index (χ1n) is 15.1. The minimum absolute atomic E-state index is 0.0715. The molecule has 3 fully saturated rings. The molecule has 3 aromatic carbocycles. The van der Waals surface area contributed by atoms with Gasteiger partial charge in [0.15, 0.2) is 0 Å². The number of nitrogens with zero attached hydrogens (tertiary/aromatic N) is 2. The molecule has 2 heterocycles. The molecule has 1 saturated carbocycles. The Kier molecular flexibility index (Phi) is 7.25. The monoisotopic (exact) mass is 662 g/mol. The molecule has 46 heavy (non-hydrogen) atoms. The van der Waals surface area contributed by atoms with Crippen molar-refractivity contribution in [2.24, 2.45) is 29.1 Å². The number of amides is 4. The normalized spacial score (nSPS) is 28.7. The van der Waals surface area contributed by atoms with Crippen molar-refractivity contribution in [3.8, 4) is 11.5 Å². The molecule has 6 atom stereocenters. The van der Waals surface area contributed by atoms with Crippen molar-refractivity contribution in [1.29, 1.82) is 0 Å². The maximum Gasteiger partial charge on any atom is 0.241 e. The molecule has 4 aliphatic rings. The summed E-state index contributed by atoms with van der Waals surface area (Å²) >= 11 is 12.8. The number of fused-ring (bicyclic) bond motifs is 4. The van der Waals surface area contributed by atoms with E-state index in [1.807, 2.05) is 6.08 Å². The molecule has 0 spiro atoms. The highest BCUT2D eigenvalue weighted by molar-refractivity contribution is 6.32. The summed E-state index contributed by atoms with van der Waals surface area (Å²) < 4.78 is 14.1. The Morgan fingerprint density at radius 1 is 0.870 bits per heavy atom. The number of aromatic hydroxyl groups is 2. The molecule has 4 amide bonds. The Morgan fingerprint density at radius 3 is 2.28 bits per heavy atom. The van der Waals surface area contributed by atoms with Gasteiger partial charge in [-0.1, -0.05) is 53.1 Å². The van der Waals surface area contributed by atoms with Crippen LogP contribution in [-0.2, 0) is 25.6 Å². The molecular weight excluding hydrogens is 634 g/mol. The largest absolute Gasteiger partial charge is 0.508 e. The molecule has 3 aromatic rings. The summed E-state index contributed by atoms with van der Waals surface area (Å²) in [4.78, 5) is 58.7. The third kappa shape index (κ3) is 4.47. The molecule has 11 heteroatoms. The van der Waals surface area contributed by atoms with Crippen molar-refractivity contribution < 1.29 is 33.8 Å². The Labute approximate surface area is 274 Å². The quantitative estimate of drug-likeness (QED) is 0.255. The lowest BCUT2D eigenvalue weighted by Crippen LogP contribution is -2.49. The van der Waals surface area contributed by atoms with Crippen LogP contribution in [0.4, 0.5) is 10.1 Å². The lowest BCUT2D eigenvalue weighted by atomic mass is 9.51. The maximum absolute atomic E-state index is 14.4. The van der Waals surface area contributed by atoms with Crippen molar-refractivity contribution in [3.05, 3.63) is 99.3 Å². The van der Waals surface area contributed by atoms with Gasteiger partial charge in [-0.15, -0.1) is 0 Å². The number of rotatable bonds is 5. The molecule has 0 bridgehead atoms. The summed E-state index contributed by atoms with van der Waals surface area (Å²) in [5.41, 5.74) is 0.920. The smallest absolute Gasteiger partial charge is 0.241 e. The van der Waals surface area contributed by atoms with Gasteiger partial charge in [0.05, 0.1) is 33.9 Å². The van der Waals surface area contributed by atoms with Crippen molar-refractivity contribution in [3.63, 3.8) is 0 Å². The van der Waals surface area contributed by atoms with Crippen molar-refractivity contribution in [2.75, 3.05) is 11.4 Å². The van der Waals surface area contributed by atoms with Crippen LogP contribution in [0.15, 0.2) is 72.3 Å². The summed E-state index contributed by atoms with van der Waals surface area (Å²) in [6, 6.07) is 14.7. The van der Waals surface area contributed by atoms with Crippen molar-refractivity contribution >= 4 is 52.5 Å². The van der Waals surface area contributed by atoms with Gasteiger partial charge in [-0.2, -0.15) is 0 Å². The maximum atomic E-state index is 14.4. The highest BCUT2D eigenvalue weighted by Crippen LogP contribution is 2.64. The highest BCUT2D eigenvalue weighted by atomic mass is 35.5. The number of likely N-dealkylation sites (tertiary alicyclic amines) is 1. The standard InChI is InChI=1S/C35H29Cl2FN2O6/c1-35-25(32(44)40(34(35)46)18-4-11-28(38)27(37)14-18)16-24-21(30(35)22-8-7-20(42)15-26(22)36)9-10-23-29(24)33(45)39(31(23)43)13-12-17-2-5-19(41)6-3-17/h2-9,11,14-15,23-25,29-30,41-42H,10,12-13,16H2,1H3. The van der Waals surface area contributed by atoms with E-state index in [-0.39, 0.29) is 58.4 Å². The van der Waals surface area contributed by atoms with Crippen LogP contribution in [0.5, 0.6) is 11.5 Å². The molecule has 2 aliphatic carbocycles. The topological polar surface area (TPSA) is 115 Å². The van der Waals surface area contributed by atoms with Gasteiger partial charge in [0.1, 0.15) is 17.3 Å². The van der Waals surface area contributed by atoms with Gasteiger partial charge in [0, 0.05) is 17.5 Å². The van der Waals surface area contributed by atoms with Gasteiger partial charge in [-0.25, -0.2) is 9.29 Å². The van der Waals surface area contributed by atoms with E-state index in [4.69, 9.17) is 23.2 Å². The molecule has 0 aromatic heterocycles. The van der Waals surface area contributed by atoms with E-state index in [2.05, 4.69) is 0 Å². The van der Waals surface area contributed by atoms with E-state index >= 15 is 0 Å². The number of benzene rings is 3. The van der Waals surface area contributed by atoms with Crippen LogP contribution in [0.1, 0.15) is 36.8 Å². The van der Waals surface area contributed by atoms with Gasteiger partial charge in [-0.05, 0) is 85.7 Å². The fraction of sp³-hybridized carbons (Fsp3) is 0.314. The van der Waals surface area contributed by atoms with E-state index in [9.17, 15) is 33.8 Å². The van der Waals surface area contributed by atoms with Gasteiger partial charge >= 0.3 is 0 Å². The first-order valence-corrected chi connectivity index (χ1v) is 15.8. The number of hydrogen-bond acceptors (Lipinski definition) is 6. The predicted molar refractivity (Wildman–Crippen MR) is 168 cm³/mol. The Morgan fingerprint density at radius 2 is 1.59 bits per heavy atom. The average molecular weight is 664 g/mol. The van der Waals surface area contributed by atoms with Gasteiger partial charge < -0.3 is 10.2 Å². The number of carbonyl (C=O) groups excluding carboxylic acids is 4. The van der Waals surface area contributed by atoms with E-state index in [0.717, 1.165) is 22.1 Å². The fourth-order valence-electron chi connectivity index (χ4n) is 8.17.